The maximum Gasteiger partial charge on any atom is 0.410 e. The summed E-state index contributed by atoms with van der Waals surface area (Å²) in [6, 6.07) is 5.18. The Morgan fingerprint density at radius 1 is 1.16 bits per heavy atom. The molecule has 176 valence electrons. The number of hydrogen-bond donors (Lipinski definition) is 2. The number of piperidine rings is 1. The second kappa shape index (κ2) is 12.4. The summed E-state index contributed by atoms with van der Waals surface area (Å²) >= 11 is 0. The number of ether oxygens (including phenoxy) is 3. The van der Waals surface area contributed by atoms with E-state index in [9.17, 15) is 14.7 Å². The number of rotatable bonds is 6. The van der Waals surface area contributed by atoms with Crippen molar-refractivity contribution in [3.8, 4) is 11.5 Å². The molecule has 0 aliphatic carbocycles. The molecule has 8 heteroatoms. The van der Waals surface area contributed by atoms with Crippen molar-refractivity contribution in [3.05, 3.63) is 23.8 Å². The lowest BCUT2D eigenvalue weighted by atomic mass is 9.82. The fourth-order valence-corrected chi connectivity index (χ4v) is 3.65. The highest BCUT2D eigenvalue weighted by Gasteiger charge is 2.29. The summed E-state index contributed by atoms with van der Waals surface area (Å²) in [5.74, 6) is 0.516. The van der Waals surface area contributed by atoms with E-state index in [4.69, 9.17) is 19.3 Å². The minimum atomic E-state index is -0.503. The Morgan fingerprint density at radius 2 is 1.77 bits per heavy atom. The van der Waals surface area contributed by atoms with Crippen LogP contribution in [-0.4, -0.2) is 67.2 Å². The van der Waals surface area contributed by atoms with E-state index in [2.05, 4.69) is 0 Å². The Hall–Kier alpha value is -2.48. The number of nitrogens with zero attached hydrogens (tertiary/aromatic N) is 1. The van der Waals surface area contributed by atoms with E-state index < -0.39 is 5.60 Å². The van der Waals surface area contributed by atoms with Gasteiger partial charge in [0.25, 0.3) is 0 Å². The molecule has 2 N–H and O–H groups in total. The van der Waals surface area contributed by atoms with E-state index >= 15 is 0 Å². The van der Waals surface area contributed by atoms with E-state index in [1.807, 2.05) is 26.8 Å². The largest absolute Gasteiger partial charge is 0.504 e. The smallest absolute Gasteiger partial charge is 0.410 e. The molecule has 1 aromatic rings. The minimum Gasteiger partial charge on any atom is -0.504 e. The number of carbonyl (C=O) groups is 2. The first kappa shape index (κ1) is 26.6. The molecule has 1 aromatic carbocycles. The molecular formula is C23H37NO7. The first-order chi connectivity index (χ1) is 14.6. The number of carbonyl (C=O) groups excluding carboxylic acids is 2. The molecule has 1 aliphatic rings. The fourth-order valence-electron chi connectivity index (χ4n) is 3.65. The predicted molar refractivity (Wildman–Crippen MR) is 117 cm³/mol. The molecule has 1 aliphatic heterocycles. The van der Waals surface area contributed by atoms with Crippen LogP contribution in [0.15, 0.2) is 18.2 Å². The van der Waals surface area contributed by atoms with Crippen LogP contribution in [0.5, 0.6) is 11.5 Å². The quantitative estimate of drug-likeness (QED) is 0.651. The van der Waals surface area contributed by atoms with Gasteiger partial charge in [-0.25, -0.2) is 4.79 Å². The van der Waals surface area contributed by atoms with Gasteiger partial charge in [-0.1, -0.05) is 6.07 Å². The number of aromatic hydroxyl groups is 1. The number of esters is 1. The lowest BCUT2D eigenvalue weighted by Gasteiger charge is -2.34. The van der Waals surface area contributed by atoms with Crippen molar-refractivity contribution in [1.29, 1.82) is 0 Å². The third-order valence-corrected chi connectivity index (χ3v) is 5.20. The summed E-state index contributed by atoms with van der Waals surface area (Å²) in [4.78, 5) is 26.0. The highest BCUT2D eigenvalue weighted by Crippen LogP contribution is 2.36. The zero-order valence-corrected chi connectivity index (χ0v) is 19.5. The third-order valence-electron chi connectivity index (χ3n) is 5.20. The summed E-state index contributed by atoms with van der Waals surface area (Å²) in [6.45, 7) is 6.87. The van der Waals surface area contributed by atoms with Crippen LogP contribution in [-0.2, 0) is 14.3 Å². The highest BCUT2D eigenvalue weighted by atomic mass is 16.6. The van der Waals surface area contributed by atoms with Gasteiger partial charge in [-0.05, 0) is 69.6 Å². The van der Waals surface area contributed by atoms with Crippen molar-refractivity contribution < 1.29 is 34.0 Å². The van der Waals surface area contributed by atoms with Crippen molar-refractivity contribution in [2.24, 2.45) is 5.92 Å². The maximum absolute atomic E-state index is 12.3. The normalized spacial score (nSPS) is 15.4. The fraction of sp³-hybridized carbons (Fsp3) is 0.652. The van der Waals surface area contributed by atoms with Crippen LogP contribution in [0.4, 0.5) is 4.79 Å². The van der Waals surface area contributed by atoms with E-state index in [0.717, 1.165) is 31.9 Å². The second-order valence-corrected chi connectivity index (χ2v) is 8.55. The third kappa shape index (κ3) is 8.65. The van der Waals surface area contributed by atoms with E-state index in [-0.39, 0.29) is 30.2 Å². The van der Waals surface area contributed by atoms with E-state index in [1.165, 1.54) is 14.2 Å². The molecular weight excluding hydrogens is 402 g/mol. The van der Waals surface area contributed by atoms with Crippen LogP contribution in [0.3, 0.4) is 0 Å². The molecule has 1 saturated heterocycles. The Morgan fingerprint density at radius 3 is 2.29 bits per heavy atom. The van der Waals surface area contributed by atoms with Gasteiger partial charge in [-0.2, -0.15) is 0 Å². The van der Waals surface area contributed by atoms with E-state index in [1.54, 1.807) is 17.0 Å². The monoisotopic (exact) mass is 439 g/mol. The summed E-state index contributed by atoms with van der Waals surface area (Å²) < 4.78 is 15.5. The van der Waals surface area contributed by atoms with Crippen LogP contribution >= 0.6 is 0 Å². The predicted octanol–water partition coefficient (Wildman–Crippen LogP) is 3.69. The number of hydrogen-bond acceptors (Lipinski definition) is 7. The maximum atomic E-state index is 12.3. The molecule has 1 heterocycles. The number of aliphatic hydroxyl groups excluding tert-OH is 1. The van der Waals surface area contributed by atoms with Gasteiger partial charge in [-0.15, -0.1) is 0 Å². The van der Waals surface area contributed by atoms with Crippen LogP contribution in [0.1, 0.15) is 57.9 Å². The van der Waals surface area contributed by atoms with Gasteiger partial charge < -0.3 is 29.3 Å². The van der Waals surface area contributed by atoms with Crippen LogP contribution in [0.25, 0.3) is 0 Å². The number of phenolic OH excluding ortho intramolecular Hbond substituents is 1. The Balaban J connectivity index is 0.00000233. The SMILES string of the molecule is CO.COC(=O)CC(CC1CCN(C(=O)OC(C)(C)C)CC1)c1ccc(O)c(OC)c1. The van der Waals surface area contributed by atoms with Gasteiger partial charge in [0.15, 0.2) is 11.5 Å². The van der Waals surface area contributed by atoms with Crippen LogP contribution < -0.4 is 4.74 Å². The molecule has 31 heavy (non-hydrogen) atoms. The van der Waals surface area contributed by atoms with Gasteiger partial charge in [-0.3, -0.25) is 4.79 Å². The Bertz CT molecular complexity index is 706. The zero-order chi connectivity index (χ0) is 23.6. The first-order valence-corrected chi connectivity index (χ1v) is 10.5. The molecule has 0 radical (unpaired) electrons. The van der Waals surface area contributed by atoms with Crippen molar-refractivity contribution in [2.75, 3.05) is 34.4 Å². The second-order valence-electron chi connectivity index (χ2n) is 8.55. The molecule has 0 saturated carbocycles. The summed E-state index contributed by atoms with van der Waals surface area (Å²) in [5, 5.41) is 16.9. The van der Waals surface area contributed by atoms with E-state index in [0.29, 0.717) is 24.8 Å². The van der Waals surface area contributed by atoms with Gasteiger partial charge in [0.1, 0.15) is 5.60 Å². The molecule has 8 nitrogen and oxygen atoms in total. The number of amides is 1. The first-order valence-electron chi connectivity index (χ1n) is 10.5. The molecule has 1 unspecified atom stereocenters. The van der Waals surface area contributed by atoms with Gasteiger partial charge in [0.05, 0.1) is 20.6 Å². The average molecular weight is 440 g/mol. The molecule has 0 aromatic heterocycles. The van der Waals surface area contributed by atoms with Crippen LogP contribution in [0, 0.1) is 5.92 Å². The molecule has 2 rings (SSSR count). The molecule has 1 atom stereocenters. The number of likely N-dealkylation sites (tertiary alicyclic amines) is 1. The van der Waals surface area contributed by atoms with Crippen molar-refractivity contribution in [1.82, 2.24) is 4.90 Å². The average Bonchev–Trinajstić information content (AvgIpc) is 2.74. The molecule has 1 fully saturated rings. The number of aliphatic hydroxyl groups is 1. The van der Waals surface area contributed by atoms with Crippen molar-refractivity contribution >= 4 is 12.1 Å². The lowest BCUT2D eigenvalue weighted by molar-refractivity contribution is -0.141. The number of phenols is 1. The van der Waals surface area contributed by atoms with Crippen molar-refractivity contribution in [2.45, 2.75) is 58.0 Å². The lowest BCUT2D eigenvalue weighted by Crippen LogP contribution is -2.41. The molecule has 0 bridgehead atoms. The van der Waals surface area contributed by atoms with Crippen molar-refractivity contribution in [3.63, 3.8) is 0 Å². The van der Waals surface area contributed by atoms with Crippen LogP contribution in [0.2, 0.25) is 0 Å². The summed E-state index contributed by atoms with van der Waals surface area (Å²) in [5.41, 5.74) is 0.428. The van der Waals surface area contributed by atoms with Gasteiger partial charge in [0.2, 0.25) is 0 Å². The Kier molecular flexibility index (Phi) is 10.6. The highest BCUT2D eigenvalue weighted by molar-refractivity contribution is 5.70. The zero-order valence-electron chi connectivity index (χ0n) is 19.5. The summed E-state index contributed by atoms with van der Waals surface area (Å²) in [7, 11) is 3.89. The minimum absolute atomic E-state index is 0.0463. The van der Waals surface area contributed by atoms with Gasteiger partial charge in [0, 0.05) is 20.2 Å². The Labute approximate surface area is 185 Å². The van der Waals surface area contributed by atoms with Gasteiger partial charge >= 0.3 is 12.1 Å². The molecule has 0 spiro atoms. The topological polar surface area (TPSA) is 106 Å². The standard InChI is InChI=1S/C22H33NO6.CH4O/c1-22(2,3)29-21(26)23-10-8-15(9-11-23)12-17(14-20(25)28-5)16-6-7-18(24)19(13-16)27-4;1-2/h6-7,13,15,17,24H,8-12,14H2,1-5H3;2H,1H3. The number of methoxy groups -OCH3 is 2. The molecule has 1 amide bonds. The number of benzene rings is 1. The summed E-state index contributed by atoms with van der Waals surface area (Å²) in [6.07, 6.45) is 2.49.